The Morgan fingerprint density at radius 3 is 2.79 bits per heavy atom. The number of aromatic amines is 2. The Bertz CT molecular complexity index is 1180. The zero-order chi connectivity index (χ0) is 20.5. The lowest BCUT2D eigenvalue weighted by Crippen LogP contribution is -2.37. The van der Waals surface area contributed by atoms with Crippen LogP contribution in [0.1, 0.15) is 49.1 Å². The molecule has 1 aliphatic carbocycles. The molecule has 3 heterocycles. The SMILES string of the molecule is Cc1[nH]nc2c1CCCc1c-2[nH]c2cc3c(cc12)N(CCC(=O)O)C(=O)C3(C)C. The van der Waals surface area contributed by atoms with Crippen molar-refractivity contribution < 1.29 is 14.7 Å². The third-order valence-electron chi connectivity index (χ3n) is 6.48. The number of carbonyl (C=O) groups is 2. The molecule has 2 aromatic heterocycles. The van der Waals surface area contributed by atoms with Crippen molar-refractivity contribution in [2.24, 2.45) is 0 Å². The molecule has 3 aromatic rings. The van der Waals surface area contributed by atoms with E-state index in [9.17, 15) is 9.59 Å². The van der Waals surface area contributed by atoms with E-state index in [1.807, 2.05) is 13.8 Å². The second kappa shape index (κ2) is 5.95. The molecule has 3 N–H and O–H groups in total. The normalized spacial score (nSPS) is 17.2. The summed E-state index contributed by atoms with van der Waals surface area (Å²) < 4.78 is 0. The number of carboxylic acid groups (broad SMARTS) is 1. The first-order valence-electron chi connectivity index (χ1n) is 10.1. The average molecular weight is 392 g/mol. The number of nitrogens with zero attached hydrogens (tertiary/aromatic N) is 2. The van der Waals surface area contributed by atoms with Gasteiger partial charge in [-0.2, -0.15) is 5.10 Å². The molecule has 0 spiro atoms. The monoisotopic (exact) mass is 392 g/mol. The maximum absolute atomic E-state index is 13.0. The molecule has 2 aliphatic rings. The van der Waals surface area contributed by atoms with E-state index in [2.05, 4.69) is 34.2 Å². The number of anilines is 1. The van der Waals surface area contributed by atoms with Gasteiger partial charge in [0.15, 0.2) is 0 Å². The van der Waals surface area contributed by atoms with Crippen LogP contribution < -0.4 is 4.90 Å². The second-order valence-corrected chi connectivity index (χ2v) is 8.65. The Kier molecular flexibility index (Phi) is 3.69. The van der Waals surface area contributed by atoms with Crippen LogP contribution in [0.3, 0.4) is 0 Å². The number of aromatic nitrogens is 3. The quantitative estimate of drug-likeness (QED) is 0.635. The first-order valence-corrected chi connectivity index (χ1v) is 10.1. The number of carboxylic acids is 1. The van der Waals surface area contributed by atoms with Gasteiger partial charge in [-0.3, -0.25) is 14.7 Å². The van der Waals surface area contributed by atoms with E-state index in [1.165, 1.54) is 11.1 Å². The summed E-state index contributed by atoms with van der Waals surface area (Å²) in [6.45, 7) is 6.06. The van der Waals surface area contributed by atoms with E-state index < -0.39 is 11.4 Å². The number of amides is 1. The van der Waals surface area contributed by atoms with E-state index in [0.717, 1.165) is 58.5 Å². The minimum absolute atomic E-state index is 0.0438. The zero-order valence-electron chi connectivity index (χ0n) is 16.8. The highest BCUT2D eigenvalue weighted by molar-refractivity contribution is 6.10. The highest BCUT2D eigenvalue weighted by Gasteiger charge is 2.44. The summed E-state index contributed by atoms with van der Waals surface area (Å²) >= 11 is 0. The number of benzene rings is 1. The fraction of sp³-hybridized carbons (Fsp3) is 0.409. The van der Waals surface area contributed by atoms with Crippen molar-refractivity contribution in [1.29, 1.82) is 0 Å². The largest absolute Gasteiger partial charge is 0.481 e. The Labute approximate surface area is 168 Å². The van der Waals surface area contributed by atoms with E-state index in [1.54, 1.807) is 4.90 Å². The van der Waals surface area contributed by atoms with Gasteiger partial charge in [0.25, 0.3) is 0 Å². The van der Waals surface area contributed by atoms with Crippen LogP contribution in [0.25, 0.3) is 22.3 Å². The molecule has 0 radical (unpaired) electrons. The third kappa shape index (κ3) is 2.46. The summed E-state index contributed by atoms with van der Waals surface area (Å²) in [6, 6.07) is 4.14. The lowest BCUT2D eigenvalue weighted by molar-refractivity contribution is -0.136. The maximum Gasteiger partial charge on any atom is 0.305 e. The van der Waals surface area contributed by atoms with Gasteiger partial charge in [-0.15, -0.1) is 0 Å². The van der Waals surface area contributed by atoms with Crippen LogP contribution in [0.4, 0.5) is 5.69 Å². The lowest BCUT2D eigenvalue weighted by atomic mass is 9.85. The topological polar surface area (TPSA) is 102 Å². The zero-order valence-corrected chi connectivity index (χ0v) is 16.8. The molecule has 7 heteroatoms. The number of H-pyrrole nitrogens is 2. The van der Waals surface area contributed by atoms with Crippen molar-refractivity contribution in [2.75, 3.05) is 11.4 Å². The number of aliphatic carboxylic acids is 1. The van der Waals surface area contributed by atoms with Crippen LogP contribution in [-0.4, -0.2) is 38.7 Å². The number of nitrogens with one attached hydrogen (secondary N) is 2. The number of hydrogen-bond acceptors (Lipinski definition) is 3. The highest BCUT2D eigenvalue weighted by Crippen LogP contribution is 2.46. The average Bonchev–Trinajstić information content (AvgIpc) is 3.21. The minimum Gasteiger partial charge on any atom is -0.481 e. The van der Waals surface area contributed by atoms with Gasteiger partial charge in [-0.25, -0.2) is 0 Å². The molecular weight excluding hydrogens is 368 g/mol. The van der Waals surface area contributed by atoms with Crippen molar-refractivity contribution in [3.05, 3.63) is 34.5 Å². The number of hydrogen-bond donors (Lipinski definition) is 3. The van der Waals surface area contributed by atoms with Gasteiger partial charge in [0, 0.05) is 34.4 Å². The predicted octanol–water partition coefficient (Wildman–Crippen LogP) is 3.45. The van der Waals surface area contributed by atoms with Crippen molar-refractivity contribution in [3.63, 3.8) is 0 Å². The Hall–Kier alpha value is -3.09. The Morgan fingerprint density at radius 2 is 2.03 bits per heavy atom. The van der Waals surface area contributed by atoms with Crippen molar-refractivity contribution >= 4 is 28.5 Å². The highest BCUT2D eigenvalue weighted by atomic mass is 16.4. The first kappa shape index (κ1) is 18.0. The third-order valence-corrected chi connectivity index (χ3v) is 6.48. The van der Waals surface area contributed by atoms with E-state index in [-0.39, 0.29) is 18.9 Å². The molecule has 29 heavy (non-hydrogen) atoms. The number of fused-ring (bicyclic) bond motifs is 6. The molecule has 5 rings (SSSR count). The minimum atomic E-state index is -0.901. The fourth-order valence-corrected chi connectivity index (χ4v) is 4.87. The summed E-state index contributed by atoms with van der Waals surface area (Å²) in [5, 5.41) is 17.9. The summed E-state index contributed by atoms with van der Waals surface area (Å²) in [4.78, 5) is 29.3. The summed E-state index contributed by atoms with van der Waals surface area (Å²) in [5.74, 6) is -0.945. The maximum atomic E-state index is 13.0. The van der Waals surface area contributed by atoms with Gasteiger partial charge in [0.05, 0.1) is 17.5 Å². The van der Waals surface area contributed by atoms with Gasteiger partial charge < -0.3 is 15.0 Å². The van der Waals surface area contributed by atoms with E-state index in [4.69, 9.17) is 5.11 Å². The van der Waals surface area contributed by atoms with E-state index >= 15 is 0 Å². The van der Waals surface area contributed by atoms with Gasteiger partial charge in [-0.1, -0.05) is 0 Å². The lowest BCUT2D eigenvalue weighted by Gasteiger charge is -2.19. The smallest absolute Gasteiger partial charge is 0.305 e. The van der Waals surface area contributed by atoms with E-state index in [0.29, 0.717) is 0 Å². The molecule has 0 saturated carbocycles. The van der Waals surface area contributed by atoms with Crippen LogP contribution in [0.15, 0.2) is 12.1 Å². The first-order chi connectivity index (χ1) is 13.8. The molecule has 150 valence electrons. The Morgan fingerprint density at radius 1 is 1.28 bits per heavy atom. The predicted molar refractivity (Wildman–Crippen MR) is 110 cm³/mol. The van der Waals surface area contributed by atoms with Crippen LogP contribution in [0.5, 0.6) is 0 Å². The molecule has 0 bridgehead atoms. The van der Waals surface area contributed by atoms with Crippen molar-refractivity contribution in [3.8, 4) is 11.4 Å². The van der Waals surface area contributed by atoms with Crippen LogP contribution >= 0.6 is 0 Å². The molecule has 0 atom stereocenters. The molecule has 0 unspecified atom stereocenters. The van der Waals surface area contributed by atoms with Gasteiger partial charge in [0.1, 0.15) is 5.69 Å². The van der Waals surface area contributed by atoms with Crippen molar-refractivity contribution in [1.82, 2.24) is 15.2 Å². The molecule has 1 aromatic carbocycles. The summed E-state index contributed by atoms with van der Waals surface area (Å²) in [7, 11) is 0. The number of rotatable bonds is 3. The fourth-order valence-electron chi connectivity index (χ4n) is 4.87. The second-order valence-electron chi connectivity index (χ2n) is 8.65. The molecule has 1 aliphatic heterocycles. The molecule has 1 amide bonds. The number of carbonyl (C=O) groups excluding carboxylic acids is 1. The standard InChI is InChI=1S/C22H24N4O3/c1-11-12-5-4-6-13-14-9-17-15(10-16(14)23-19(13)20(12)25-24-11)22(2,3)21(29)26(17)8-7-18(27)28/h9-10,23H,4-8H2,1-3H3,(H,24,25)(H,27,28). The molecule has 7 nitrogen and oxygen atoms in total. The Balaban J connectivity index is 1.71. The van der Waals surface area contributed by atoms with Crippen LogP contribution in [0.2, 0.25) is 0 Å². The van der Waals surface area contributed by atoms with Crippen molar-refractivity contribution in [2.45, 2.75) is 51.9 Å². The number of aryl methyl sites for hydroxylation is 2. The van der Waals surface area contributed by atoms with Crippen LogP contribution in [-0.2, 0) is 27.8 Å². The van der Waals surface area contributed by atoms with Crippen LogP contribution in [0, 0.1) is 6.92 Å². The molecule has 0 fully saturated rings. The van der Waals surface area contributed by atoms with Gasteiger partial charge in [-0.05, 0) is 63.3 Å². The molecule has 0 saturated heterocycles. The molecular formula is C22H24N4O3. The summed E-state index contributed by atoms with van der Waals surface area (Å²) in [5.41, 5.74) is 7.74. The van der Waals surface area contributed by atoms with Gasteiger partial charge >= 0.3 is 5.97 Å². The van der Waals surface area contributed by atoms with Gasteiger partial charge in [0.2, 0.25) is 5.91 Å². The summed E-state index contributed by atoms with van der Waals surface area (Å²) in [6.07, 6.45) is 2.90.